The molecule has 0 bridgehead atoms. The summed E-state index contributed by atoms with van der Waals surface area (Å²) in [5, 5.41) is 7.49. The van der Waals surface area contributed by atoms with Crippen molar-refractivity contribution in [2.45, 2.75) is 38.5 Å². The SMILES string of the molecule is O=C(Nc1cnc2ccccc2c1)c1ccc(NCC2CCCCCC2)cc1. The molecule has 28 heavy (non-hydrogen) atoms. The minimum absolute atomic E-state index is 0.118. The third kappa shape index (κ3) is 4.69. The summed E-state index contributed by atoms with van der Waals surface area (Å²) in [5.41, 5.74) is 3.35. The molecule has 4 nitrogen and oxygen atoms in total. The highest BCUT2D eigenvalue weighted by Gasteiger charge is 2.12. The molecule has 1 aromatic heterocycles. The zero-order chi connectivity index (χ0) is 19.2. The number of aromatic nitrogens is 1. The fourth-order valence-corrected chi connectivity index (χ4v) is 3.91. The molecule has 0 atom stereocenters. The van der Waals surface area contributed by atoms with E-state index in [1.807, 2.05) is 54.6 Å². The summed E-state index contributed by atoms with van der Waals surface area (Å²) in [6.45, 7) is 1.02. The number of rotatable bonds is 5. The molecule has 1 fully saturated rings. The highest BCUT2D eigenvalue weighted by molar-refractivity contribution is 6.05. The van der Waals surface area contributed by atoms with Crippen LogP contribution in [0.4, 0.5) is 11.4 Å². The first kappa shape index (κ1) is 18.5. The third-order valence-corrected chi connectivity index (χ3v) is 5.57. The van der Waals surface area contributed by atoms with Crippen molar-refractivity contribution in [3.63, 3.8) is 0 Å². The van der Waals surface area contributed by atoms with Crippen molar-refractivity contribution in [1.29, 1.82) is 0 Å². The van der Waals surface area contributed by atoms with Gasteiger partial charge in [-0.15, -0.1) is 0 Å². The van der Waals surface area contributed by atoms with Gasteiger partial charge in [-0.2, -0.15) is 0 Å². The molecule has 1 saturated carbocycles. The van der Waals surface area contributed by atoms with Gasteiger partial charge in [-0.05, 0) is 55.2 Å². The Kier molecular flexibility index (Phi) is 5.86. The molecule has 2 N–H and O–H groups in total. The zero-order valence-electron chi connectivity index (χ0n) is 16.2. The summed E-state index contributed by atoms with van der Waals surface area (Å²) in [5.74, 6) is 0.651. The Bertz CT molecular complexity index is 928. The molecule has 3 aromatic rings. The second-order valence-electron chi connectivity index (χ2n) is 7.69. The smallest absolute Gasteiger partial charge is 0.255 e. The molecule has 1 heterocycles. The number of fused-ring (bicyclic) bond motifs is 1. The summed E-state index contributed by atoms with van der Waals surface area (Å²) in [7, 11) is 0. The summed E-state index contributed by atoms with van der Waals surface area (Å²) in [6.07, 6.45) is 9.83. The van der Waals surface area contributed by atoms with Gasteiger partial charge in [-0.1, -0.05) is 43.9 Å². The maximum atomic E-state index is 12.5. The van der Waals surface area contributed by atoms with E-state index in [0.717, 1.165) is 29.1 Å². The van der Waals surface area contributed by atoms with Gasteiger partial charge in [0.25, 0.3) is 5.91 Å². The van der Waals surface area contributed by atoms with Gasteiger partial charge < -0.3 is 10.6 Å². The molecule has 144 valence electrons. The first-order valence-corrected chi connectivity index (χ1v) is 10.3. The first-order chi connectivity index (χ1) is 13.8. The van der Waals surface area contributed by atoms with E-state index >= 15 is 0 Å². The Morgan fingerprint density at radius 3 is 2.46 bits per heavy atom. The van der Waals surface area contributed by atoms with Gasteiger partial charge in [-0.3, -0.25) is 9.78 Å². The topological polar surface area (TPSA) is 54.0 Å². The number of para-hydroxylation sites is 1. The zero-order valence-corrected chi connectivity index (χ0v) is 16.2. The summed E-state index contributed by atoms with van der Waals surface area (Å²) < 4.78 is 0. The molecular formula is C24H27N3O. The van der Waals surface area contributed by atoms with Crippen LogP contribution < -0.4 is 10.6 Å². The van der Waals surface area contributed by atoms with Gasteiger partial charge >= 0.3 is 0 Å². The molecule has 2 aromatic carbocycles. The predicted octanol–water partition coefficient (Wildman–Crippen LogP) is 5.87. The molecular weight excluding hydrogens is 346 g/mol. The second kappa shape index (κ2) is 8.87. The van der Waals surface area contributed by atoms with Crippen molar-refractivity contribution in [2.24, 2.45) is 5.92 Å². The van der Waals surface area contributed by atoms with Crippen LogP contribution in [0, 0.1) is 5.92 Å². The summed E-state index contributed by atoms with van der Waals surface area (Å²) >= 11 is 0. The summed E-state index contributed by atoms with van der Waals surface area (Å²) in [4.78, 5) is 16.9. The van der Waals surface area contributed by atoms with Crippen molar-refractivity contribution < 1.29 is 4.79 Å². The van der Waals surface area contributed by atoms with Gasteiger partial charge in [-0.25, -0.2) is 0 Å². The summed E-state index contributed by atoms with van der Waals surface area (Å²) in [6, 6.07) is 17.6. The third-order valence-electron chi connectivity index (χ3n) is 5.57. The van der Waals surface area contributed by atoms with Crippen LogP contribution in [-0.4, -0.2) is 17.4 Å². The molecule has 0 radical (unpaired) electrons. The van der Waals surface area contributed by atoms with Crippen molar-refractivity contribution in [2.75, 3.05) is 17.2 Å². The van der Waals surface area contributed by atoms with Gasteiger partial charge in [0.2, 0.25) is 0 Å². The highest BCUT2D eigenvalue weighted by atomic mass is 16.1. The number of carbonyl (C=O) groups is 1. The van der Waals surface area contributed by atoms with Gasteiger partial charge in [0.05, 0.1) is 17.4 Å². The number of carbonyl (C=O) groups excluding carboxylic acids is 1. The van der Waals surface area contributed by atoms with Crippen LogP contribution in [0.1, 0.15) is 48.9 Å². The Morgan fingerprint density at radius 1 is 0.929 bits per heavy atom. The highest BCUT2D eigenvalue weighted by Crippen LogP contribution is 2.23. The largest absolute Gasteiger partial charge is 0.385 e. The number of amides is 1. The molecule has 1 aliphatic carbocycles. The van der Waals surface area contributed by atoms with E-state index in [1.54, 1.807) is 6.20 Å². The Labute approximate surface area is 166 Å². The lowest BCUT2D eigenvalue weighted by Gasteiger charge is -2.16. The molecule has 4 rings (SSSR count). The first-order valence-electron chi connectivity index (χ1n) is 10.3. The maximum Gasteiger partial charge on any atom is 0.255 e. The molecule has 0 unspecified atom stereocenters. The van der Waals surface area contributed by atoms with Crippen LogP contribution in [0.3, 0.4) is 0 Å². The van der Waals surface area contributed by atoms with Crippen LogP contribution in [-0.2, 0) is 0 Å². The Balaban J connectivity index is 1.35. The van der Waals surface area contributed by atoms with E-state index < -0.39 is 0 Å². The van der Waals surface area contributed by atoms with Crippen LogP contribution in [0.25, 0.3) is 10.9 Å². The number of nitrogens with zero attached hydrogens (tertiary/aromatic N) is 1. The van der Waals surface area contributed by atoms with Crippen molar-refractivity contribution >= 4 is 28.2 Å². The van der Waals surface area contributed by atoms with Crippen LogP contribution in [0.15, 0.2) is 60.8 Å². The van der Waals surface area contributed by atoms with Crippen molar-refractivity contribution in [3.8, 4) is 0 Å². The fourth-order valence-electron chi connectivity index (χ4n) is 3.91. The molecule has 0 aliphatic heterocycles. The lowest BCUT2D eigenvalue weighted by molar-refractivity contribution is 0.102. The maximum absolute atomic E-state index is 12.5. The molecule has 1 amide bonds. The van der Waals surface area contributed by atoms with Crippen molar-refractivity contribution in [3.05, 3.63) is 66.4 Å². The Hall–Kier alpha value is -2.88. The van der Waals surface area contributed by atoms with E-state index in [9.17, 15) is 4.79 Å². The van der Waals surface area contributed by atoms with Crippen LogP contribution >= 0.6 is 0 Å². The Morgan fingerprint density at radius 2 is 1.68 bits per heavy atom. The number of hydrogen-bond donors (Lipinski definition) is 2. The molecule has 0 spiro atoms. The lowest BCUT2D eigenvalue weighted by Crippen LogP contribution is -2.14. The monoisotopic (exact) mass is 373 g/mol. The van der Waals surface area contributed by atoms with E-state index in [2.05, 4.69) is 15.6 Å². The van der Waals surface area contributed by atoms with Gasteiger partial charge in [0, 0.05) is 23.2 Å². The van der Waals surface area contributed by atoms with Crippen LogP contribution in [0.5, 0.6) is 0 Å². The molecule has 4 heteroatoms. The van der Waals surface area contributed by atoms with E-state index in [4.69, 9.17) is 0 Å². The number of hydrogen-bond acceptors (Lipinski definition) is 3. The van der Waals surface area contributed by atoms with Gasteiger partial charge in [0.1, 0.15) is 0 Å². The van der Waals surface area contributed by atoms with Gasteiger partial charge in [0.15, 0.2) is 0 Å². The van der Waals surface area contributed by atoms with Crippen LogP contribution in [0.2, 0.25) is 0 Å². The normalized spacial score (nSPS) is 15.1. The molecule has 1 aliphatic rings. The quantitative estimate of drug-likeness (QED) is 0.550. The fraction of sp³-hybridized carbons (Fsp3) is 0.333. The standard InChI is InChI=1S/C24H27N3O/c28-24(27-22-15-20-9-5-6-10-23(20)26-17-22)19-11-13-21(14-12-19)25-16-18-7-3-1-2-4-8-18/h5-6,9-15,17-18,25H,1-4,7-8,16H2,(H,27,28). The lowest BCUT2D eigenvalue weighted by atomic mass is 10.0. The molecule has 0 saturated heterocycles. The second-order valence-corrected chi connectivity index (χ2v) is 7.69. The van der Waals surface area contributed by atoms with E-state index in [-0.39, 0.29) is 5.91 Å². The van der Waals surface area contributed by atoms with Crippen molar-refractivity contribution in [1.82, 2.24) is 4.98 Å². The minimum Gasteiger partial charge on any atom is -0.385 e. The number of benzene rings is 2. The minimum atomic E-state index is -0.118. The average molecular weight is 374 g/mol. The number of anilines is 2. The number of nitrogens with one attached hydrogen (secondary N) is 2. The van der Waals surface area contributed by atoms with E-state index in [1.165, 1.54) is 38.5 Å². The predicted molar refractivity (Wildman–Crippen MR) is 116 cm³/mol. The average Bonchev–Trinajstić information content (AvgIpc) is 3.01. The van der Waals surface area contributed by atoms with E-state index in [0.29, 0.717) is 11.3 Å². The number of pyridine rings is 1.